The van der Waals surface area contributed by atoms with Gasteiger partial charge in [-0.2, -0.15) is 13.2 Å². The summed E-state index contributed by atoms with van der Waals surface area (Å²) in [6.45, 7) is 0. The zero-order valence-corrected chi connectivity index (χ0v) is 12.4. The summed E-state index contributed by atoms with van der Waals surface area (Å²) in [4.78, 5) is 0.947. The first-order valence-corrected chi connectivity index (χ1v) is 7.25. The Hall–Kier alpha value is -0.920. The molecule has 1 aromatic heterocycles. The van der Waals surface area contributed by atoms with Crippen molar-refractivity contribution in [2.75, 3.05) is 0 Å². The summed E-state index contributed by atoms with van der Waals surface area (Å²) in [7, 11) is 0. The Morgan fingerprint density at radius 1 is 1.20 bits per heavy atom. The molecule has 0 bridgehead atoms. The highest BCUT2D eigenvalue weighted by Gasteiger charge is 2.34. The van der Waals surface area contributed by atoms with Crippen molar-refractivity contribution in [3.05, 3.63) is 55.9 Å². The summed E-state index contributed by atoms with van der Waals surface area (Å²) in [5, 5.41) is 0. The van der Waals surface area contributed by atoms with Crippen molar-refractivity contribution >= 4 is 27.3 Å². The lowest BCUT2D eigenvalue weighted by molar-refractivity contribution is -0.140. The molecule has 1 atom stereocenters. The minimum Gasteiger partial charge on any atom is -0.324 e. The van der Waals surface area contributed by atoms with Crippen LogP contribution in [-0.2, 0) is 12.6 Å². The second-order valence-electron chi connectivity index (χ2n) is 4.25. The van der Waals surface area contributed by atoms with Crippen molar-refractivity contribution in [2.24, 2.45) is 5.73 Å². The predicted octanol–water partition coefficient (Wildman–Crippen LogP) is 4.91. The minimum atomic E-state index is -4.72. The minimum absolute atomic E-state index is 0.267. The molecule has 0 fully saturated rings. The molecular weight excluding hydrogens is 358 g/mol. The standard InChI is InChI=1S/C13H10BrF4NS/c14-12-4-2-8(20-12)6-11(19)7-1-3-10(15)9(5-7)13(16,17)18/h1-5,11H,6,19H2. The number of halogens is 5. The third kappa shape index (κ3) is 3.59. The Morgan fingerprint density at radius 3 is 2.45 bits per heavy atom. The van der Waals surface area contributed by atoms with Gasteiger partial charge in [0.2, 0.25) is 0 Å². The number of hydrogen-bond donors (Lipinski definition) is 1. The normalized spacial score (nSPS) is 13.5. The lowest BCUT2D eigenvalue weighted by Gasteiger charge is -2.14. The van der Waals surface area contributed by atoms with E-state index in [1.165, 1.54) is 17.4 Å². The highest BCUT2D eigenvalue weighted by atomic mass is 79.9. The van der Waals surface area contributed by atoms with Crippen LogP contribution < -0.4 is 5.73 Å². The Balaban J connectivity index is 2.24. The van der Waals surface area contributed by atoms with Crippen molar-refractivity contribution in [3.63, 3.8) is 0 Å². The van der Waals surface area contributed by atoms with Gasteiger partial charge < -0.3 is 5.73 Å². The molecule has 0 aliphatic carbocycles. The van der Waals surface area contributed by atoms with Crippen molar-refractivity contribution in [1.29, 1.82) is 0 Å². The van der Waals surface area contributed by atoms with Gasteiger partial charge in [-0.15, -0.1) is 11.3 Å². The number of rotatable bonds is 3. The lowest BCUT2D eigenvalue weighted by Crippen LogP contribution is -2.15. The van der Waals surface area contributed by atoms with Gasteiger partial charge in [0.15, 0.2) is 0 Å². The van der Waals surface area contributed by atoms with Crippen molar-refractivity contribution in [2.45, 2.75) is 18.6 Å². The van der Waals surface area contributed by atoms with Gasteiger partial charge in [0, 0.05) is 17.3 Å². The second-order valence-corrected chi connectivity index (χ2v) is 6.80. The smallest absolute Gasteiger partial charge is 0.324 e. The Kier molecular flexibility index (Phi) is 4.51. The third-order valence-corrected chi connectivity index (χ3v) is 4.42. The van der Waals surface area contributed by atoms with E-state index in [0.29, 0.717) is 6.42 Å². The molecule has 2 N–H and O–H groups in total. The molecule has 108 valence electrons. The second kappa shape index (κ2) is 5.83. The molecule has 1 unspecified atom stereocenters. The molecule has 0 amide bonds. The molecule has 0 spiro atoms. The number of nitrogens with two attached hydrogens (primary N) is 1. The average molecular weight is 368 g/mol. The van der Waals surface area contributed by atoms with Gasteiger partial charge in [0.05, 0.1) is 9.35 Å². The summed E-state index contributed by atoms with van der Waals surface area (Å²) < 4.78 is 52.0. The molecule has 20 heavy (non-hydrogen) atoms. The van der Waals surface area contributed by atoms with Crippen LogP contribution in [0.5, 0.6) is 0 Å². The SMILES string of the molecule is NC(Cc1ccc(Br)s1)c1ccc(F)c(C(F)(F)F)c1. The van der Waals surface area contributed by atoms with E-state index in [9.17, 15) is 17.6 Å². The zero-order chi connectivity index (χ0) is 14.9. The van der Waals surface area contributed by atoms with E-state index in [2.05, 4.69) is 15.9 Å². The van der Waals surface area contributed by atoms with Crippen LogP contribution in [0.25, 0.3) is 0 Å². The maximum atomic E-state index is 13.2. The fraction of sp³-hybridized carbons (Fsp3) is 0.231. The summed E-state index contributed by atoms with van der Waals surface area (Å²) >= 11 is 4.77. The van der Waals surface area contributed by atoms with Crippen LogP contribution in [0.4, 0.5) is 17.6 Å². The van der Waals surface area contributed by atoms with Gasteiger partial charge >= 0.3 is 6.18 Å². The summed E-state index contributed by atoms with van der Waals surface area (Å²) in [5.74, 6) is -1.28. The van der Waals surface area contributed by atoms with Gasteiger partial charge in [-0.05, 0) is 45.8 Å². The topological polar surface area (TPSA) is 26.0 Å². The molecule has 2 rings (SSSR count). The summed E-state index contributed by atoms with van der Waals surface area (Å²) in [6.07, 6.45) is -4.31. The molecule has 0 saturated heterocycles. The van der Waals surface area contributed by atoms with Gasteiger partial charge in [0.25, 0.3) is 0 Å². The highest BCUT2D eigenvalue weighted by molar-refractivity contribution is 9.11. The summed E-state index contributed by atoms with van der Waals surface area (Å²) in [5.41, 5.74) is 4.89. The number of benzene rings is 1. The van der Waals surface area contributed by atoms with Crippen LogP contribution in [0.15, 0.2) is 34.1 Å². The quantitative estimate of drug-likeness (QED) is 0.766. The Bertz CT molecular complexity index is 609. The molecule has 0 aliphatic rings. The Morgan fingerprint density at radius 2 is 1.90 bits per heavy atom. The molecule has 1 heterocycles. The number of alkyl halides is 3. The van der Waals surface area contributed by atoms with Crippen LogP contribution in [0.1, 0.15) is 22.0 Å². The van der Waals surface area contributed by atoms with E-state index in [1.54, 1.807) is 0 Å². The molecule has 0 radical (unpaired) electrons. The Labute approximate surface area is 125 Å². The molecule has 1 nitrogen and oxygen atoms in total. The van der Waals surface area contributed by atoms with Crippen molar-refractivity contribution < 1.29 is 17.6 Å². The van der Waals surface area contributed by atoms with E-state index in [4.69, 9.17) is 5.73 Å². The average Bonchev–Trinajstić information content (AvgIpc) is 2.73. The lowest BCUT2D eigenvalue weighted by atomic mass is 10.0. The monoisotopic (exact) mass is 367 g/mol. The first kappa shape index (κ1) is 15.5. The zero-order valence-electron chi connectivity index (χ0n) is 10.0. The highest BCUT2D eigenvalue weighted by Crippen LogP contribution is 2.33. The first-order chi connectivity index (χ1) is 9.27. The van der Waals surface area contributed by atoms with Crippen LogP contribution in [0.3, 0.4) is 0 Å². The molecule has 2 aromatic rings. The van der Waals surface area contributed by atoms with E-state index < -0.39 is 23.6 Å². The van der Waals surface area contributed by atoms with Crippen molar-refractivity contribution in [3.8, 4) is 0 Å². The maximum absolute atomic E-state index is 13.2. The maximum Gasteiger partial charge on any atom is 0.419 e. The third-order valence-electron chi connectivity index (χ3n) is 2.77. The molecule has 7 heteroatoms. The van der Waals surface area contributed by atoms with Gasteiger partial charge in [0.1, 0.15) is 5.82 Å². The van der Waals surface area contributed by atoms with E-state index in [0.717, 1.165) is 20.8 Å². The first-order valence-electron chi connectivity index (χ1n) is 5.64. The van der Waals surface area contributed by atoms with E-state index in [-0.39, 0.29) is 5.56 Å². The number of hydrogen-bond acceptors (Lipinski definition) is 2. The fourth-order valence-electron chi connectivity index (χ4n) is 1.79. The van der Waals surface area contributed by atoms with Crippen LogP contribution >= 0.6 is 27.3 Å². The van der Waals surface area contributed by atoms with Gasteiger partial charge in [-0.1, -0.05) is 6.07 Å². The molecular formula is C13H10BrF4NS. The predicted molar refractivity (Wildman–Crippen MR) is 74.1 cm³/mol. The van der Waals surface area contributed by atoms with Crippen LogP contribution in [0, 0.1) is 5.82 Å². The molecule has 0 aliphatic heterocycles. The van der Waals surface area contributed by atoms with E-state index >= 15 is 0 Å². The van der Waals surface area contributed by atoms with Gasteiger partial charge in [-0.25, -0.2) is 4.39 Å². The fourth-order valence-corrected chi connectivity index (χ4v) is 3.33. The number of thiophene rings is 1. The largest absolute Gasteiger partial charge is 0.419 e. The van der Waals surface area contributed by atoms with Crippen molar-refractivity contribution in [1.82, 2.24) is 0 Å². The van der Waals surface area contributed by atoms with Crippen LogP contribution in [0.2, 0.25) is 0 Å². The van der Waals surface area contributed by atoms with E-state index in [1.807, 2.05) is 12.1 Å². The van der Waals surface area contributed by atoms with Gasteiger partial charge in [-0.3, -0.25) is 0 Å². The summed E-state index contributed by atoms with van der Waals surface area (Å²) in [6, 6.07) is 5.96. The van der Waals surface area contributed by atoms with Crippen LogP contribution in [-0.4, -0.2) is 0 Å². The molecule has 0 saturated carbocycles. The molecule has 1 aromatic carbocycles.